The van der Waals surface area contributed by atoms with Gasteiger partial charge in [-0.15, -0.1) is 0 Å². The number of hydrogen-bond acceptors (Lipinski definition) is 5. The third-order valence-corrected chi connectivity index (χ3v) is 6.85. The summed E-state index contributed by atoms with van der Waals surface area (Å²) in [5.74, 6) is 0.286. The predicted molar refractivity (Wildman–Crippen MR) is 112 cm³/mol. The summed E-state index contributed by atoms with van der Waals surface area (Å²) in [5.41, 5.74) is 8.38. The second-order valence-corrected chi connectivity index (χ2v) is 8.92. The third kappa shape index (κ3) is 3.36. The molecule has 3 fully saturated rings. The Morgan fingerprint density at radius 3 is 2.59 bits per heavy atom. The van der Waals surface area contributed by atoms with Crippen molar-refractivity contribution >= 4 is 21.8 Å². The van der Waals surface area contributed by atoms with Gasteiger partial charge in [-0.05, 0) is 36.6 Å². The van der Waals surface area contributed by atoms with Gasteiger partial charge in [-0.3, -0.25) is 4.79 Å². The first-order valence-corrected chi connectivity index (χ1v) is 10.9. The summed E-state index contributed by atoms with van der Waals surface area (Å²) in [6, 6.07) is 14.9. The molecule has 29 heavy (non-hydrogen) atoms. The van der Waals surface area contributed by atoms with Crippen LogP contribution in [-0.4, -0.2) is 41.2 Å². The highest BCUT2D eigenvalue weighted by atomic mass is 79.9. The summed E-state index contributed by atoms with van der Waals surface area (Å²) >= 11 is 3.51. The number of nitrogens with one attached hydrogen (secondary N) is 2. The molecule has 3 N–H and O–H groups in total. The van der Waals surface area contributed by atoms with Crippen LogP contribution in [-0.2, 0) is 9.53 Å². The van der Waals surface area contributed by atoms with Crippen molar-refractivity contribution in [3.63, 3.8) is 0 Å². The van der Waals surface area contributed by atoms with Crippen LogP contribution in [0.25, 0.3) is 0 Å². The maximum absolute atomic E-state index is 13.4. The summed E-state index contributed by atoms with van der Waals surface area (Å²) < 4.78 is 6.85. The number of likely N-dealkylation sites (tertiary alicyclic amines) is 1. The highest BCUT2D eigenvalue weighted by Crippen LogP contribution is 2.48. The van der Waals surface area contributed by atoms with E-state index in [1.165, 1.54) is 0 Å². The minimum atomic E-state index is -0.338. The van der Waals surface area contributed by atoms with Gasteiger partial charge in [0.25, 0.3) is 0 Å². The van der Waals surface area contributed by atoms with E-state index in [0.29, 0.717) is 6.54 Å². The minimum absolute atomic E-state index is 0.0432. The molecular formula is C22H24BrN3O3. The molecule has 2 aromatic carbocycles. The quantitative estimate of drug-likeness (QED) is 0.657. The van der Waals surface area contributed by atoms with E-state index in [0.717, 1.165) is 35.0 Å². The van der Waals surface area contributed by atoms with Crippen LogP contribution in [0.4, 0.5) is 0 Å². The number of hydrogen-bond donors (Lipinski definition) is 3. The second-order valence-electron chi connectivity index (χ2n) is 8.00. The van der Waals surface area contributed by atoms with E-state index >= 15 is 0 Å². The first-order valence-electron chi connectivity index (χ1n) is 10.1. The highest BCUT2D eigenvalue weighted by Gasteiger charge is 2.56. The maximum Gasteiger partial charge on any atom is 0.242 e. The number of carbonyl (C=O) groups is 1. The van der Waals surface area contributed by atoms with Gasteiger partial charge in [0.2, 0.25) is 5.91 Å². The molecule has 3 aliphatic heterocycles. The molecule has 5 rings (SSSR count). The Hall–Kier alpha value is -1.93. The molecule has 5 unspecified atom stereocenters. The standard InChI is InChI=1S/C22H24BrN3O3/c23-14-9-7-13(8-10-14)21-18-19(16-5-1-2-6-17(16)27)24-25-20(18)22(28)26(21)12-15-4-3-11-29-15/h1-2,5-10,15,18-21,24-25,27H,3-4,11-12H2. The first kappa shape index (κ1) is 19.1. The predicted octanol–water partition coefficient (Wildman–Crippen LogP) is 3.05. The van der Waals surface area contributed by atoms with Gasteiger partial charge in [0, 0.05) is 29.1 Å². The topological polar surface area (TPSA) is 73.8 Å². The molecule has 0 bridgehead atoms. The van der Waals surface area contributed by atoms with Crippen molar-refractivity contribution in [3.8, 4) is 5.75 Å². The molecular weight excluding hydrogens is 434 g/mol. The van der Waals surface area contributed by atoms with E-state index in [9.17, 15) is 9.90 Å². The van der Waals surface area contributed by atoms with E-state index in [1.54, 1.807) is 6.07 Å². The number of halogens is 1. The SMILES string of the molecule is O=C1C2NNC(c3ccccc3O)C2C(c2ccc(Br)cc2)N1CC1CCCO1. The number of amides is 1. The van der Waals surface area contributed by atoms with Gasteiger partial charge in [0.1, 0.15) is 11.8 Å². The summed E-state index contributed by atoms with van der Waals surface area (Å²) in [7, 11) is 0. The second kappa shape index (κ2) is 7.72. The van der Waals surface area contributed by atoms with E-state index in [2.05, 4.69) is 38.9 Å². The summed E-state index contributed by atoms with van der Waals surface area (Å²) in [6.07, 6.45) is 2.12. The lowest BCUT2D eigenvalue weighted by Gasteiger charge is -2.32. The Labute approximate surface area is 178 Å². The molecule has 1 amide bonds. The zero-order valence-corrected chi connectivity index (χ0v) is 17.5. The Balaban J connectivity index is 1.54. The minimum Gasteiger partial charge on any atom is -0.508 e. The van der Waals surface area contributed by atoms with Crippen LogP contribution in [0.5, 0.6) is 5.75 Å². The maximum atomic E-state index is 13.4. The number of ether oxygens (including phenoxy) is 1. The number of phenols is 1. The largest absolute Gasteiger partial charge is 0.508 e. The van der Waals surface area contributed by atoms with Gasteiger partial charge >= 0.3 is 0 Å². The van der Waals surface area contributed by atoms with Gasteiger partial charge in [-0.2, -0.15) is 0 Å². The average Bonchev–Trinajstić information content (AvgIpc) is 3.44. The molecule has 0 spiro atoms. The number of nitrogens with zero attached hydrogens (tertiary/aromatic N) is 1. The summed E-state index contributed by atoms with van der Waals surface area (Å²) in [5, 5.41) is 10.5. The van der Waals surface area contributed by atoms with Crippen LogP contribution >= 0.6 is 15.9 Å². The zero-order valence-electron chi connectivity index (χ0n) is 15.9. The van der Waals surface area contributed by atoms with Crippen LogP contribution < -0.4 is 10.9 Å². The van der Waals surface area contributed by atoms with E-state index in [4.69, 9.17) is 4.74 Å². The molecule has 3 heterocycles. The summed E-state index contributed by atoms with van der Waals surface area (Å²) in [4.78, 5) is 15.4. The molecule has 2 aromatic rings. The molecule has 7 heteroatoms. The molecule has 0 radical (unpaired) electrons. The number of carbonyl (C=O) groups excluding carboxylic acids is 1. The summed E-state index contributed by atoms with van der Waals surface area (Å²) in [6.45, 7) is 1.37. The molecule has 5 atom stereocenters. The Bertz CT molecular complexity index is 900. The molecule has 0 aromatic heterocycles. The molecule has 6 nitrogen and oxygen atoms in total. The highest BCUT2D eigenvalue weighted by molar-refractivity contribution is 9.10. The number of hydrazine groups is 1. The lowest BCUT2D eigenvalue weighted by molar-refractivity contribution is -0.132. The van der Waals surface area contributed by atoms with E-state index in [-0.39, 0.29) is 41.8 Å². The van der Waals surface area contributed by atoms with Crippen molar-refractivity contribution in [1.29, 1.82) is 0 Å². The lowest BCUT2D eigenvalue weighted by atomic mass is 9.83. The smallest absolute Gasteiger partial charge is 0.242 e. The monoisotopic (exact) mass is 457 g/mol. The number of fused-ring (bicyclic) bond motifs is 1. The molecule has 3 aliphatic rings. The Morgan fingerprint density at radius 2 is 1.86 bits per heavy atom. The van der Waals surface area contributed by atoms with Crippen molar-refractivity contribution in [2.24, 2.45) is 5.92 Å². The van der Waals surface area contributed by atoms with E-state index in [1.807, 2.05) is 35.2 Å². The van der Waals surface area contributed by atoms with Crippen molar-refractivity contribution < 1.29 is 14.6 Å². The molecule has 3 saturated heterocycles. The van der Waals surface area contributed by atoms with E-state index < -0.39 is 0 Å². The number of phenolic OH excluding ortho intramolecular Hbond substituents is 1. The zero-order chi connectivity index (χ0) is 20.0. The fraction of sp³-hybridized carbons (Fsp3) is 0.409. The lowest BCUT2D eigenvalue weighted by Crippen LogP contribution is -2.43. The van der Waals surface area contributed by atoms with Crippen LogP contribution in [0.15, 0.2) is 53.0 Å². The van der Waals surface area contributed by atoms with Gasteiger partial charge in [0.05, 0.1) is 18.2 Å². The number of aromatic hydroxyl groups is 1. The average molecular weight is 458 g/mol. The van der Waals surface area contributed by atoms with Crippen molar-refractivity contribution in [2.45, 2.75) is 37.1 Å². The Kier molecular flexibility index (Phi) is 5.07. The Morgan fingerprint density at radius 1 is 1.10 bits per heavy atom. The van der Waals surface area contributed by atoms with Crippen LogP contribution in [0.2, 0.25) is 0 Å². The van der Waals surface area contributed by atoms with Gasteiger partial charge in [0.15, 0.2) is 0 Å². The van der Waals surface area contributed by atoms with Gasteiger partial charge in [-0.25, -0.2) is 10.9 Å². The molecule has 152 valence electrons. The van der Waals surface area contributed by atoms with Gasteiger partial charge < -0.3 is 14.7 Å². The van der Waals surface area contributed by atoms with Crippen LogP contribution in [0.3, 0.4) is 0 Å². The molecule has 0 saturated carbocycles. The molecule has 0 aliphatic carbocycles. The van der Waals surface area contributed by atoms with Crippen molar-refractivity contribution in [1.82, 2.24) is 15.8 Å². The number of benzene rings is 2. The fourth-order valence-corrected chi connectivity index (χ4v) is 5.25. The third-order valence-electron chi connectivity index (χ3n) is 6.32. The number of rotatable bonds is 4. The van der Waals surface area contributed by atoms with Crippen LogP contribution in [0.1, 0.15) is 36.1 Å². The van der Waals surface area contributed by atoms with Crippen LogP contribution in [0, 0.1) is 5.92 Å². The fourth-order valence-electron chi connectivity index (χ4n) is 4.99. The van der Waals surface area contributed by atoms with Crippen molar-refractivity contribution in [3.05, 3.63) is 64.1 Å². The first-order chi connectivity index (χ1) is 14.1. The normalized spacial score (nSPS) is 31.4. The van der Waals surface area contributed by atoms with Gasteiger partial charge in [-0.1, -0.05) is 46.3 Å². The van der Waals surface area contributed by atoms with Crippen molar-refractivity contribution in [2.75, 3.05) is 13.2 Å². The number of para-hydroxylation sites is 1.